The van der Waals surface area contributed by atoms with E-state index in [4.69, 9.17) is 9.97 Å². The molecule has 0 radical (unpaired) electrons. The van der Waals surface area contributed by atoms with Gasteiger partial charge in [0.05, 0.1) is 22.8 Å². The molecule has 286 valence electrons. The topological polar surface area (TPSA) is 67.2 Å². The van der Waals surface area contributed by atoms with Gasteiger partial charge < -0.3 is 0 Å². The largest absolute Gasteiger partial charge is 0.295 e. The number of aromatic nitrogens is 4. The highest BCUT2D eigenvalue weighted by Gasteiger charge is 2.38. The number of hydrogen-bond acceptors (Lipinski definition) is 6. The molecule has 60 heavy (non-hydrogen) atoms. The lowest BCUT2D eigenvalue weighted by Crippen LogP contribution is -2.33. The molecule has 0 bridgehead atoms. The van der Waals surface area contributed by atoms with Gasteiger partial charge in [-0.05, 0) is 117 Å². The Morgan fingerprint density at radius 3 is 1.70 bits per heavy atom. The average Bonchev–Trinajstić information content (AvgIpc) is 3.31. The second-order valence-electron chi connectivity index (χ2n) is 15.4. The number of fused-ring (bicyclic) bond motifs is 3. The van der Waals surface area contributed by atoms with Gasteiger partial charge >= 0.3 is 0 Å². The minimum Gasteiger partial charge on any atom is -0.295 e. The van der Waals surface area contributed by atoms with E-state index in [0.29, 0.717) is 11.5 Å². The third-order valence-corrected chi connectivity index (χ3v) is 11.6. The van der Waals surface area contributed by atoms with E-state index in [9.17, 15) is 0 Å². The van der Waals surface area contributed by atoms with E-state index in [1.807, 2.05) is 54.6 Å². The summed E-state index contributed by atoms with van der Waals surface area (Å²) in [5, 5.41) is 4.69. The molecule has 0 saturated carbocycles. The van der Waals surface area contributed by atoms with Crippen molar-refractivity contribution in [1.29, 1.82) is 0 Å². The number of hydrogen-bond donors (Lipinski definition) is 0. The number of nitrogens with zero attached hydrogens (tertiary/aromatic N) is 6. The van der Waals surface area contributed by atoms with E-state index >= 15 is 0 Å². The van der Waals surface area contributed by atoms with Crippen molar-refractivity contribution in [2.75, 3.05) is 4.90 Å². The third-order valence-electron chi connectivity index (χ3n) is 11.6. The summed E-state index contributed by atoms with van der Waals surface area (Å²) in [6.07, 6.45) is 5.49. The first-order valence-electron chi connectivity index (χ1n) is 20.0. The summed E-state index contributed by atoms with van der Waals surface area (Å²) in [4.78, 5) is 26.0. The summed E-state index contributed by atoms with van der Waals surface area (Å²) in [6.45, 7) is 12.8. The minimum absolute atomic E-state index is 0.394. The van der Waals surface area contributed by atoms with Gasteiger partial charge in [-0.3, -0.25) is 14.9 Å². The monoisotopic (exact) mass is 772 g/mol. The summed E-state index contributed by atoms with van der Waals surface area (Å²) in [6, 6.07) is 57.1. The standard InChI is InChI=1S/C54H40N6/c1-5-43-53(55-4)60(38-20-7-6-8-21-38)49-29-28-37(33-44(49)54(43,2)3)51-41-24-11-9-22-39(41)50(40-23-10-12-25-42(40)51)36-19-17-18-35(32-36)47-34-48(45-26-13-15-30-56-45)59-52(58-47)46-27-14-16-31-57-46/h5-34H,1,4H2,2-3H3. The van der Waals surface area contributed by atoms with Crippen LogP contribution < -0.4 is 4.90 Å². The first-order valence-corrected chi connectivity index (χ1v) is 20.0. The van der Waals surface area contributed by atoms with Crippen molar-refractivity contribution in [3.8, 4) is 56.4 Å². The molecule has 6 nitrogen and oxygen atoms in total. The molecule has 0 spiro atoms. The highest BCUT2D eigenvalue weighted by atomic mass is 15.2. The van der Waals surface area contributed by atoms with Crippen molar-refractivity contribution in [1.82, 2.24) is 19.9 Å². The summed E-state index contributed by atoms with van der Waals surface area (Å²) >= 11 is 0. The van der Waals surface area contributed by atoms with Crippen LogP contribution in [0.2, 0.25) is 0 Å². The van der Waals surface area contributed by atoms with Gasteiger partial charge in [0.25, 0.3) is 0 Å². The highest BCUT2D eigenvalue weighted by molar-refractivity contribution is 6.21. The lowest BCUT2D eigenvalue weighted by Gasteiger charge is -2.41. The predicted molar refractivity (Wildman–Crippen MR) is 248 cm³/mol. The lowest BCUT2D eigenvalue weighted by molar-refractivity contribution is 0.616. The number of aliphatic imine (C=N–C) groups is 1. The van der Waals surface area contributed by atoms with Crippen LogP contribution in [0.3, 0.4) is 0 Å². The second-order valence-corrected chi connectivity index (χ2v) is 15.4. The van der Waals surface area contributed by atoms with Crippen molar-refractivity contribution in [2.45, 2.75) is 19.3 Å². The Balaban J connectivity index is 1.17. The molecule has 0 saturated heterocycles. The molecule has 0 fully saturated rings. The van der Waals surface area contributed by atoms with Crippen LogP contribution >= 0.6 is 0 Å². The average molecular weight is 773 g/mol. The number of allylic oxidation sites excluding steroid dienone is 2. The maximum absolute atomic E-state index is 5.08. The van der Waals surface area contributed by atoms with Gasteiger partial charge in [0, 0.05) is 34.6 Å². The van der Waals surface area contributed by atoms with Gasteiger partial charge in [0.15, 0.2) is 5.82 Å². The van der Waals surface area contributed by atoms with Gasteiger partial charge in [-0.2, -0.15) is 0 Å². The Bertz CT molecular complexity index is 3040. The van der Waals surface area contributed by atoms with Crippen molar-refractivity contribution < 1.29 is 0 Å². The summed E-state index contributed by atoms with van der Waals surface area (Å²) < 4.78 is 0. The van der Waals surface area contributed by atoms with Crippen LogP contribution in [-0.4, -0.2) is 26.7 Å². The van der Waals surface area contributed by atoms with Crippen molar-refractivity contribution in [3.63, 3.8) is 0 Å². The van der Waals surface area contributed by atoms with Crippen molar-refractivity contribution in [3.05, 3.63) is 206 Å². The van der Waals surface area contributed by atoms with E-state index in [-0.39, 0.29) is 0 Å². The van der Waals surface area contributed by atoms with Crippen LogP contribution in [0, 0.1) is 0 Å². The van der Waals surface area contributed by atoms with E-state index in [1.165, 1.54) is 38.2 Å². The molecule has 0 N–H and O–H groups in total. The molecule has 4 heterocycles. The van der Waals surface area contributed by atoms with Crippen molar-refractivity contribution in [2.24, 2.45) is 4.99 Å². The van der Waals surface area contributed by atoms with Gasteiger partial charge in [-0.1, -0.05) is 130 Å². The number of anilines is 2. The zero-order valence-corrected chi connectivity index (χ0v) is 33.4. The van der Waals surface area contributed by atoms with E-state index < -0.39 is 5.41 Å². The van der Waals surface area contributed by atoms with Crippen LogP contribution in [0.5, 0.6) is 0 Å². The quantitative estimate of drug-likeness (QED) is 0.114. The first-order chi connectivity index (χ1) is 29.4. The second kappa shape index (κ2) is 14.8. The lowest BCUT2D eigenvalue weighted by atomic mass is 9.73. The van der Waals surface area contributed by atoms with Crippen LogP contribution in [0.15, 0.2) is 205 Å². The number of rotatable bonds is 8. The van der Waals surface area contributed by atoms with Gasteiger partial charge in [-0.15, -0.1) is 0 Å². The molecule has 0 amide bonds. The molecule has 1 aliphatic heterocycles. The van der Waals surface area contributed by atoms with Crippen LogP contribution in [0.4, 0.5) is 11.4 Å². The summed E-state index contributed by atoms with van der Waals surface area (Å²) in [5.74, 6) is 1.35. The Morgan fingerprint density at radius 2 is 1.10 bits per heavy atom. The van der Waals surface area contributed by atoms with E-state index in [0.717, 1.165) is 56.5 Å². The van der Waals surface area contributed by atoms with E-state index in [2.05, 4.69) is 162 Å². The van der Waals surface area contributed by atoms with Gasteiger partial charge in [0.1, 0.15) is 11.5 Å². The predicted octanol–water partition coefficient (Wildman–Crippen LogP) is 13.4. The van der Waals surface area contributed by atoms with Crippen molar-refractivity contribution >= 4 is 39.6 Å². The SMILES string of the molecule is C=CC1=C(N=C)N(c2ccccc2)c2ccc(-c3c4ccccc4c(-c4cccc(-c5cc(-c6ccccn6)nc(-c6ccccn6)n5)c4)c4ccccc34)cc2C1(C)C. The van der Waals surface area contributed by atoms with E-state index in [1.54, 1.807) is 12.4 Å². The fourth-order valence-electron chi connectivity index (χ4n) is 8.82. The van der Waals surface area contributed by atoms with Crippen LogP contribution in [-0.2, 0) is 5.41 Å². The van der Waals surface area contributed by atoms with Crippen LogP contribution in [0.25, 0.3) is 78.0 Å². The number of pyridine rings is 2. The Kier molecular flexibility index (Phi) is 9.03. The summed E-state index contributed by atoms with van der Waals surface area (Å²) in [5.41, 5.74) is 12.5. The Labute approximate surface area is 349 Å². The number of benzene rings is 6. The molecular weight excluding hydrogens is 733 g/mol. The highest BCUT2D eigenvalue weighted by Crippen LogP contribution is 2.51. The fourth-order valence-corrected chi connectivity index (χ4v) is 8.82. The zero-order valence-electron chi connectivity index (χ0n) is 33.4. The zero-order chi connectivity index (χ0) is 40.8. The first kappa shape index (κ1) is 36.5. The molecule has 0 unspecified atom stereocenters. The molecule has 10 rings (SSSR count). The Hall–Kier alpha value is -7.83. The maximum Gasteiger partial charge on any atom is 0.179 e. The van der Waals surface area contributed by atoms with Gasteiger partial charge in [-0.25, -0.2) is 15.0 Å². The molecule has 1 aliphatic rings. The molecule has 0 aliphatic carbocycles. The van der Waals surface area contributed by atoms with Crippen LogP contribution in [0.1, 0.15) is 19.4 Å². The normalized spacial score (nSPS) is 13.3. The fraction of sp³-hybridized carbons (Fsp3) is 0.0556. The maximum atomic E-state index is 5.08. The number of para-hydroxylation sites is 1. The molecule has 6 aromatic carbocycles. The van der Waals surface area contributed by atoms with Gasteiger partial charge in [0.2, 0.25) is 0 Å². The molecule has 0 atom stereocenters. The molecule has 9 aromatic rings. The Morgan fingerprint density at radius 1 is 0.533 bits per heavy atom. The smallest absolute Gasteiger partial charge is 0.179 e. The molecule has 3 aromatic heterocycles. The molecular formula is C54H40N6. The third kappa shape index (κ3) is 6.09. The summed E-state index contributed by atoms with van der Waals surface area (Å²) in [7, 11) is 0. The minimum atomic E-state index is -0.394. The molecule has 6 heteroatoms.